The van der Waals surface area contributed by atoms with Crippen molar-refractivity contribution in [3.63, 3.8) is 0 Å². The maximum atomic E-state index is 12.3. The maximum Gasteiger partial charge on any atom is 0.230 e. The van der Waals surface area contributed by atoms with E-state index in [9.17, 15) is 4.79 Å². The van der Waals surface area contributed by atoms with Crippen LogP contribution in [0.1, 0.15) is 55.1 Å². The summed E-state index contributed by atoms with van der Waals surface area (Å²) >= 11 is 3.33. The SMILES string of the molecule is CC1CCc2c(sc3nc(C(C)C)nc(SCC(=O)NCc4ccco4)c23)C1. The minimum Gasteiger partial charge on any atom is -0.467 e. The number of aromatic nitrogens is 2. The maximum absolute atomic E-state index is 12.3. The van der Waals surface area contributed by atoms with Crippen molar-refractivity contribution in [1.29, 1.82) is 0 Å². The highest BCUT2D eigenvalue weighted by molar-refractivity contribution is 8.00. The smallest absolute Gasteiger partial charge is 0.230 e. The quantitative estimate of drug-likeness (QED) is 0.456. The van der Waals surface area contributed by atoms with E-state index in [0.29, 0.717) is 12.3 Å². The minimum atomic E-state index is -0.0167. The average molecular weight is 416 g/mol. The number of hydrogen-bond donors (Lipinski definition) is 1. The Kier molecular flexibility index (Phi) is 5.73. The Balaban J connectivity index is 1.57. The zero-order chi connectivity index (χ0) is 19.7. The molecule has 148 valence electrons. The van der Waals surface area contributed by atoms with E-state index in [-0.39, 0.29) is 11.8 Å². The molecule has 4 rings (SSSR count). The molecule has 3 heterocycles. The van der Waals surface area contributed by atoms with Gasteiger partial charge in [-0.15, -0.1) is 11.3 Å². The highest BCUT2D eigenvalue weighted by atomic mass is 32.2. The first-order valence-corrected chi connectivity index (χ1v) is 11.6. The third kappa shape index (κ3) is 4.10. The number of carbonyl (C=O) groups is 1. The second-order valence-electron chi connectivity index (χ2n) is 7.72. The molecule has 0 saturated heterocycles. The summed E-state index contributed by atoms with van der Waals surface area (Å²) in [6, 6.07) is 3.68. The van der Waals surface area contributed by atoms with Crippen molar-refractivity contribution in [1.82, 2.24) is 15.3 Å². The molecule has 0 aliphatic heterocycles. The van der Waals surface area contributed by atoms with Gasteiger partial charge in [-0.2, -0.15) is 0 Å². The standard InChI is InChI=1S/C21H25N3O2S2/c1-12(2)19-23-20(27-11-17(25)22-10-14-5-4-8-26-14)18-15-7-6-13(3)9-16(15)28-21(18)24-19/h4-5,8,12-13H,6-7,9-11H2,1-3H3,(H,22,25). The number of hydrogen-bond acceptors (Lipinski definition) is 6. The number of nitrogens with one attached hydrogen (secondary N) is 1. The molecule has 1 unspecified atom stereocenters. The molecule has 7 heteroatoms. The van der Waals surface area contributed by atoms with E-state index < -0.39 is 0 Å². The molecule has 0 bridgehead atoms. The van der Waals surface area contributed by atoms with Crippen molar-refractivity contribution in [2.24, 2.45) is 5.92 Å². The van der Waals surface area contributed by atoms with Crippen molar-refractivity contribution in [3.8, 4) is 0 Å². The Bertz CT molecular complexity index is 979. The number of thioether (sulfide) groups is 1. The van der Waals surface area contributed by atoms with Crippen molar-refractivity contribution in [2.45, 2.75) is 57.5 Å². The van der Waals surface area contributed by atoms with Gasteiger partial charge in [-0.05, 0) is 42.9 Å². The number of rotatable bonds is 6. The molecule has 0 aromatic carbocycles. The largest absolute Gasteiger partial charge is 0.467 e. The van der Waals surface area contributed by atoms with Crippen LogP contribution in [0.15, 0.2) is 27.8 Å². The van der Waals surface area contributed by atoms with Crippen LogP contribution in [-0.4, -0.2) is 21.6 Å². The fourth-order valence-corrected chi connectivity index (χ4v) is 5.82. The molecule has 3 aromatic heterocycles. The Morgan fingerprint density at radius 1 is 1.43 bits per heavy atom. The first kappa shape index (κ1) is 19.5. The van der Waals surface area contributed by atoms with Gasteiger partial charge in [-0.3, -0.25) is 4.79 Å². The molecule has 0 radical (unpaired) electrons. The van der Waals surface area contributed by atoms with Crippen LogP contribution in [0.2, 0.25) is 0 Å². The fourth-order valence-electron chi connectivity index (χ4n) is 3.47. The summed E-state index contributed by atoms with van der Waals surface area (Å²) in [6.45, 7) is 6.95. The Labute approximate surface area is 173 Å². The highest BCUT2D eigenvalue weighted by Crippen LogP contribution is 2.41. The van der Waals surface area contributed by atoms with E-state index in [1.54, 1.807) is 6.26 Å². The van der Waals surface area contributed by atoms with Crippen molar-refractivity contribution in [3.05, 3.63) is 40.4 Å². The van der Waals surface area contributed by atoms with E-state index in [2.05, 4.69) is 26.1 Å². The summed E-state index contributed by atoms with van der Waals surface area (Å²) in [7, 11) is 0. The molecule has 1 amide bonds. The molecular weight excluding hydrogens is 390 g/mol. The summed E-state index contributed by atoms with van der Waals surface area (Å²) in [6.07, 6.45) is 5.03. The van der Waals surface area contributed by atoms with Crippen LogP contribution in [0.4, 0.5) is 0 Å². The Morgan fingerprint density at radius 2 is 2.29 bits per heavy atom. The lowest BCUT2D eigenvalue weighted by molar-refractivity contribution is -0.118. The number of nitrogens with zero attached hydrogens (tertiary/aromatic N) is 2. The molecule has 5 nitrogen and oxygen atoms in total. The predicted molar refractivity (Wildman–Crippen MR) is 114 cm³/mol. The number of fused-ring (bicyclic) bond motifs is 3. The van der Waals surface area contributed by atoms with Gasteiger partial charge in [0.15, 0.2) is 0 Å². The normalized spacial score (nSPS) is 16.5. The monoisotopic (exact) mass is 415 g/mol. The van der Waals surface area contributed by atoms with Gasteiger partial charge >= 0.3 is 0 Å². The topological polar surface area (TPSA) is 68.0 Å². The minimum absolute atomic E-state index is 0.0167. The van der Waals surface area contributed by atoms with Gasteiger partial charge in [-0.1, -0.05) is 32.5 Å². The molecular formula is C21H25N3O2S2. The molecule has 1 atom stereocenters. The second kappa shape index (κ2) is 8.25. The van der Waals surface area contributed by atoms with Crippen LogP contribution in [0.3, 0.4) is 0 Å². The summed E-state index contributed by atoms with van der Waals surface area (Å²) < 4.78 is 5.27. The van der Waals surface area contributed by atoms with E-state index in [1.807, 2.05) is 23.5 Å². The van der Waals surface area contributed by atoms with Crippen LogP contribution in [0.25, 0.3) is 10.2 Å². The van der Waals surface area contributed by atoms with Gasteiger partial charge in [0, 0.05) is 16.2 Å². The van der Waals surface area contributed by atoms with Gasteiger partial charge in [-0.25, -0.2) is 9.97 Å². The van der Waals surface area contributed by atoms with E-state index >= 15 is 0 Å². The summed E-state index contributed by atoms with van der Waals surface area (Å²) in [5, 5.41) is 5.04. The lowest BCUT2D eigenvalue weighted by atomic mass is 9.89. The lowest BCUT2D eigenvalue weighted by Crippen LogP contribution is -2.24. The third-order valence-corrected chi connectivity index (χ3v) is 7.16. The van der Waals surface area contributed by atoms with Crippen LogP contribution >= 0.6 is 23.1 Å². The van der Waals surface area contributed by atoms with Crippen LogP contribution in [-0.2, 0) is 24.2 Å². The summed E-state index contributed by atoms with van der Waals surface area (Å²) in [4.78, 5) is 24.5. The Morgan fingerprint density at radius 3 is 3.04 bits per heavy atom. The molecule has 0 fully saturated rings. The number of carbonyl (C=O) groups excluding carboxylic acids is 1. The van der Waals surface area contributed by atoms with E-state index in [1.165, 1.54) is 34.0 Å². The van der Waals surface area contributed by atoms with Crippen molar-refractivity contribution < 1.29 is 9.21 Å². The van der Waals surface area contributed by atoms with Gasteiger partial charge < -0.3 is 9.73 Å². The summed E-state index contributed by atoms with van der Waals surface area (Å²) in [5.74, 6) is 2.92. The first-order valence-electron chi connectivity index (χ1n) is 9.75. The first-order chi connectivity index (χ1) is 13.5. The van der Waals surface area contributed by atoms with Crippen LogP contribution in [0.5, 0.6) is 0 Å². The molecule has 1 N–H and O–H groups in total. The molecule has 0 saturated carbocycles. The Hall–Kier alpha value is -1.86. The number of aryl methyl sites for hydroxylation is 1. The number of thiophene rings is 1. The third-order valence-electron chi connectivity index (χ3n) is 5.04. The molecule has 1 aliphatic rings. The fraction of sp³-hybridized carbons (Fsp3) is 0.476. The number of amides is 1. The van der Waals surface area contributed by atoms with Gasteiger partial charge in [0.25, 0.3) is 0 Å². The van der Waals surface area contributed by atoms with Gasteiger partial charge in [0.2, 0.25) is 5.91 Å². The zero-order valence-electron chi connectivity index (χ0n) is 16.4. The molecule has 0 spiro atoms. The lowest BCUT2D eigenvalue weighted by Gasteiger charge is -2.18. The predicted octanol–water partition coefficient (Wildman–Crippen LogP) is 4.94. The number of furan rings is 1. The van der Waals surface area contributed by atoms with Crippen LogP contribution in [0, 0.1) is 5.92 Å². The van der Waals surface area contributed by atoms with Crippen molar-refractivity contribution >= 4 is 39.2 Å². The zero-order valence-corrected chi connectivity index (χ0v) is 18.1. The van der Waals surface area contributed by atoms with Gasteiger partial charge in [0.05, 0.1) is 18.6 Å². The van der Waals surface area contributed by atoms with E-state index in [0.717, 1.165) is 40.2 Å². The average Bonchev–Trinajstić information content (AvgIpc) is 3.30. The molecule has 1 aliphatic carbocycles. The summed E-state index contributed by atoms with van der Waals surface area (Å²) in [5.41, 5.74) is 1.41. The molecule has 3 aromatic rings. The van der Waals surface area contributed by atoms with Crippen LogP contribution < -0.4 is 5.32 Å². The highest BCUT2D eigenvalue weighted by Gasteiger charge is 2.24. The van der Waals surface area contributed by atoms with E-state index in [4.69, 9.17) is 14.4 Å². The van der Waals surface area contributed by atoms with Crippen molar-refractivity contribution in [2.75, 3.05) is 5.75 Å². The molecule has 28 heavy (non-hydrogen) atoms. The van der Waals surface area contributed by atoms with Gasteiger partial charge in [0.1, 0.15) is 21.4 Å². The second-order valence-corrected chi connectivity index (χ2v) is 9.77.